The maximum Gasteiger partial charge on any atom is 0.333 e. The van der Waals surface area contributed by atoms with Crippen LogP contribution in [0, 0.1) is 12.8 Å². The van der Waals surface area contributed by atoms with Crippen molar-refractivity contribution in [3.63, 3.8) is 0 Å². The van der Waals surface area contributed by atoms with Gasteiger partial charge in [-0.15, -0.1) is 5.06 Å². The van der Waals surface area contributed by atoms with Crippen molar-refractivity contribution in [1.82, 2.24) is 9.96 Å². The fraction of sp³-hybridized carbons (Fsp3) is 0.432. The molecule has 3 aliphatic rings. The second-order valence-electron chi connectivity index (χ2n) is 12.1. The number of nitrogens with one attached hydrogen (secondary N) is 1. The van der Waals surface area contributed by atoms with E-state index in [2.05, 4.69) is 16.4 Å². The van der Waals surface area contributed by atoms with Crippen molar-refractivity contribution < 1.29 is 31.5 Å². The molecule has 10 heteroatoms. The van der Waals surface area contributed by atoms with Gasteiger partial charge < -0.3 is 19.8 Å². The molecule has 0 spiro atoms. The summed E-state index contributed by atoms with van der Waals surface area (Å²) in [7, 11) is 1.75. The van der Waals surface area contributed by atoms with Gasteiger partial charge in [0.1, 0.15) is 11.5 Å². The minimum atomic E-state index is -0.633. The molecule has 0 radical (unpaired) electrons. The number of aryl methyl sites for hydroxylation is 1. The number of unbranched alkanes of at least 4 members (excludes halogenated alkanes) is 2. The SMILES string of the molecule is [2H]C1=C2Oc3c(cc(C)c(NCC)c3[2H])C(c3ccccc3C(=O)N(C)CCCCCC(=O)ON3C(=O)CCC3=O)C2C=C(C)C1=NCC. The molecule has 2 atom stereocenters. The minimum absolute atomic E-state index is 0.0494. The van der Waals surface area contributed by atoms with Gasteiger partial charge in [-0.2, -0.15) is 0 Å². The summed E-state index contributed by atoms with van der Waals surface area (Å²) in [6, 6.07) is 9.93. The maximum absolute atomic E-state index is 14.1. The first-order valence-corrected chi connectivity index (χ1v) is 16.4. The summed E-state index contributed by atoms with van der Waals surface area (Å²) in [5, 5.41) is 3.84. The molecule has 2 aromatic rings. The summed E-state index contributed by atoms with van der Waals surface area (Å²) in [5.74, 6) is -1.80. The van der Waals surface area contributed by atoms with Crippen LogP contribution in [0.5, 0.6) is 5.75 Å². The van der Waals surface area contributed by atoms with E-state index < -0.39 is 23.7 Å². The fourth-order valence-corrected chi connectivity index (χ4v) is 6.25. The minimum Gasteiger partial charge on any atom is -0.461 e. The van der Waals surface area contributed by atoms with Gasteiger partial charge in [0.15, 0.2) is 0 Å². The van der Waals surface area contributed by atoms with Crippen LogP contribution < -0.4 is 10.1 Å². The molecule has 5 rings (SSSR count). The molecule has 1 fully saturated rings. The van der Waals surface area contributed by atoms with Gasteiger partial charge in [-0.1, -0.05) is 30.7 Å². The third-order valence-electron chi connectivity index (χ3n) is 8.64. The topological polar surface area (TPSA) is 118 Å². The predicted molar refractivity (Wildman–Crippen MR) is 180 cm³/mol. The average molecular weight is 643 g/mol. The van der Waals surface area contributed by atoms with Crippen LogP contribution in [0.4, 0.5) is 5.69 Å². The second-order valence-corrected chi connectivity index (χ2v) is 12.1. The number of hydroxylamine groups is 2. The van der Waals surface area contributed by atoms with E-state index in [4.69, 9.17) is 12.3 Å². The Balaban J connectivity index is 1.39. The molecule has 1 saturated heterocycles. The van der Waals surface area contributed by atoms with Crippen LogP contribution in [0.3, 0.4) is 0 Å². The molecule has 2 heterocycles. The predicted octanol–water partition coefficient (Wildman–Crippen LogP) is 6.11. The zero-order chi connectivity index (χ0) is 35.4. The Kier molecular flexibility index (Phi) is 9.72. The van der Waals surface area contributed by atoms with E-state index in [0.717, 1.165) is 22.3 Å². The molecule has 47 heavy (non-hydrogen) atoms. The van der Waals surface area contributed by atoms with Gasteiger partial charge in [0.2, 0.25) is 0 Å². The lowest BCUT2D eigenvalue weighted by atomic mass is 9.73. The molecule has 0 saturated carbocycles. The molecule has 1 aliphatic carbocycles. The van der Waals surface area contributed by atoms with Crippen molar-refractivity contribution in [3.8, 4) is 5.75 Å². The van der Waals surface area contributed by atoms with E-state index in [9.17, 15) is 19.2 Å². The van der Waals surface area contributed by atoms with Crippen LogP contribution in [0.25, 0.3) is 0 Å². The van der Waals surface area contributed by atoms with E-state index in [1.165, 1.54) is 0 Å². The van der Waals surface area contributed by atoms with E-state index in [0.29, 0.717) is 72.4 Å². The number of benzene rings is 2. The number of rotatable bonds is 12. The number of nitrogens with zero attached hydrogens (tertiary/aromatic N) is 3. The Morgan fingerprint density at radius 1 is 1.11 bits per heavy atom. The Hall–Kier alpha value is -4.73. The van der Waals surface area contributed by atoms with Gasteiger partial charge in [-0.05, 0) is 69.4 Å². The quantitative estimate of drug-likeness (QED) is 0.219. The molecular formula is C37H44N4O6. The van der Waals surface area contributed by atoms with Crippen LogP contribution in [0.15, 0.2) is 64.8 Å². The zero-order valence-corrected chi connectivity index (χ0v) is 27.8. The molecular weight excluding hydrogens is 596 g/mol. The molecule has 2 aliphatic heterocycles. The Morgan fingerprint density at radius 2 is 1.85 bits per heavy atom. The number of hydrogen-bond acceptors (Lipinski definition) is 8. The number of aliphatic imine (C=N–C) groups is 1. The zero-order valence-electron chi connectivity index (χ0n) is 29.8. The van der Waals surface area contributed by atoms with Crippen LogP contribution in [0.1, 0.15) is 95.0 Å². The van der Waals surface area contributed by atoms with Crippen molar-refractivity contribution in [1.29, 1.82) is 0 Å². The van der Waals surface area contributed by atoms with E-state index >= 15 is 0 Å². The highest BCUT2D eigenvalue weighted by Crippen LogP contribution is 2.50. The highest BCUT2D eigenvalue weighted by Gasteiger charge is 2.39. The van der Waals surface area contributed by atoms with Gasteiger partial charge in [0, 0.05) is 86.7 Å². The maximum atomic E-state index is 14.1. The lowest BCUT2D eigenvalue weighted by Crippen LogP contribution is -2.32. The summed E-state index contributed by atoms with van der Waals surface area (Å²) in [6.07, 6.45) is 3.97. The Labute approximate surface area is 279 Å². The van der Waals surface area contributed by atoms with Gasteiger partial charge in [-0.3, -0.25) is 19.4 Å². The largest absolute Gasteiger partial charge is 0.461 e. The van der Waals surface area contributed by atoms with Crippen LogP contribution >= 0.6 is 0 Å². The summed E-state index contributed by atoms with van der Waals surface area (Å²) in [6.45, 7) is 9.39. The van der Waals surface area contributed by atoms with Gasteiger partial charge >= 0.3 is 5.97 Å². The molecule has 3 amide bonds. The first-order chi connectivity index (χ1) is 23.5. The number of anilines is 1. The van der Waals surface area contributed by atoms with Crippen molar-refractivity contribution in [3.05, 3.63) is 82.1 Å². The summed E-state index contributed by atoms with van der Waals surface area (Å²) >= 11 is 0. The van der Waals surface area contributed by atoms with Crippen molar-refractivity contribution in [2.24, 2.45) is 10.9 Å². The molecule has 2 unspecified atom stereocenters. The number of ether oxygens (including phenoxy) is 1. The molecule has 248 valence electrons. The standard InChI is InChI=1S/C37H44N4O6/c1-6-38-29-21-31-27(19-23(29)3)36(28-20-24(4)30(39-7-2)22-32(28)46-31)25-13-10-11-14-26(25)37(45)40(5)18-12-8-9-15-35(44)47-41-33(42)16-17-34(41)43/h10-11,13-14,19-22,27,36,39H,6-9,12,15-18H2,1-5H3/i21D,22D. The van der Waals surface area contributed by atoms with Crippen molar-refractivity contribution in [2.75, 3.05) is 32.0 Å². The fourth-order valence-electron chi connectivity index (χ4n) is 6.25. The first kappa shape index (κ1) is 30.9. The van der Waals surface area contributed by atoms with Gasteiger partial charge in [-0.25, -0.2) is 4.79 Å². The van der Waals surface area contributed by atoms with Crippen molar-refractivity contribution >= 4 is 35.1 Å². The van der Waals surface area contributed by atoms with Crippen LogP contribution in [-0.4, -0.2) is 66.0 Å². The van der Waals surface area contributed by atoms with E-state index in [1.54, 1.807) is 11.9 Å². The molecule has 10 nitrogen and oxygen atoms in total. The van der Waals surface area contributed by atoms with Crippen LogP contribution in [-0.2, 0) is 19.2 Å². The van der Waals surface area contributed by atoms with Crippen LogP contribution in [0.2, 0.25) is 0 Å². The molecule has 0 aromatic heterocycles. The number of amides is 3. The lowest BCUT2D eigenvalue weighted by molar-refractivity contribution is -0.197. The third-order valence-corrected chi connectivity index (χ3v) is 8.64. The second kappa shape index (κ2) is 14.8. The Morgan fingerprint density at radius 3 is 2.57 bits per heavy atom. The number of hydrogen-bond donors (Lipinski definition) is 1. The first-order valence-electron chi connectivity index (χ1n) is 17.4. The van der Waals surface area contributed by atoms with Gasteiger partial charge in [0.25, 0.3) is 17.7 Å². The van der Waals surface area contributed by atoms with E-state index in [-0.39, 0.29) is 43.2 Å². The number of imide groups is 1. The number of carbonyl (C=O) groups excluding carboxylic acids is 4. The highest BCUT2D eigenvalue weighted by atomic mass is 16.7. The third kappa shape index (κ3) is 7.32. The van der Waals surface area contributed by atoms with Crippen molar-refractivity contribution in [2.45, 2.75) is 72.1 Å². The Bertz CT molecular complexity index is 1750. The normalized spacial score (nSPS) is 20.2. The number of carbonyl (C=O) groups is 4. The number of fused-ring (bicyclic) bond motifs is 2. The lowest BCUT2D eigenvalue weighted by Gasteiger charge is -2.38. The average Bonchev–Trinajstić information content (AvgIpc) is 3.39. The summed E-state index contributed by atoms with van der Waals surface area (Å²) in [4.78, 5) is 60.8. The smallest absolute Gasteiger partial charge is 0.333 e. The highest BCUT2D eigenvalue weighted by molar-refractivity contribution is 6.09. The summed E-state index contributed by atoms with van der Waals surface area (Å²) in [5.41, 5.74) is 5.10. The van der Waals surface area contributed by atoms with E-state index in [1.807, 2.05) is 58.0 Å². The molecule has 2 aromatic carbocycles. The monoisotopic (exact) mass is 642 g/mol. The molecule has 1 N–H and O–H groups in total. The number of allylic oxidation sites excluding steroid dienone is 3. The van der Waals surface area contributed by atoms with Gasteiger partial charge in [0.05, 0.1) is 8.45 Å². The molecule has 0 bridgehead atoms. The summed E-state index contributed by atoms with van der Waals surface area (Å²) < 4.78 is 24.7.